The molecule has 1 fully saturated rings. The number of halogens is 1. The first-order valence-electron chi connectivity index (χ1n) is 14.8. The molecule has 3 aromatic carbocycles. The third kappa shape index (κ3) is 6.54. The maximum Gasteiger partial charge on any atom is 0.240 e. The van der Waals surface area contributed by atoms with E-state index in [2.05, 4.69) is 5.32 Å². The molecule has 45 heavy (non-hydrogen) atoms. The number of nitrogens with zero attached hydrogens (tertiary/aromatic N) is 3. The molecule has 9 nitrogen and oxygen atoms in total. The number of methoxy groups -OCH3 is 2. The van der Waals surface area contributed by atoms with Gasteiger partial charge in [-0.05, 0) is 62.2 Å². The number of thioether (sulfide) groups is 1. The van der Waals surface area contributed by atoms with Gasteiger partial charge in [0.2, 0.25) is 11.8 Å². The highest BCUT2D eigenvalue weighted by Crippen LogP contribution is 2.51. The standard InChI is InChI=1S/C34H35ClN4O5S/c1-21-6-12-24(13-7-21)39-34-31(32(37-39)22-8-10-23(35)11-9-22)33(27-17-25(42-2)14-15-28(27)43-3)45-20-30(41)38(34)19-29(40)36-18-26-5-4-16-44-26/h6-15,17,26,33H,4-5,16,18-20H2,1-3H3,(H,36,40)/t26-,33-/m0/s1. The topological polar surface area (TPSA) is 94.9 Å². The van der Waals surface area contributed by atoms with Crippen molar-refractivity contribution in [2.24, 2.45) is 0 Å². The molecule has 3 heterocycles. The molecule has 1 aromatic heterocycles. The Kier molecular flexibility index (Phi) is 9.34. The minimum atomic E-state index is -0.390. The first-order chi connectivity index (χ1) is 21.9. The van der Waals surface area contributed by atoms with E-state index in [-0.39, 0.29) is 35.5 Å². The lowest BCUT2D eigenvalue weighted by molar-refractivity contribution is -0.123. The average molecular weight is 647 g/mol. The lowest BCUT2D eigenvalue weighted by Gasteiger charge is -2.24. The van der Waals surface area contributed by atoms with Gasteiger partial charge in [-0.1, -0.05) is 41.4 Å². The third-order valence-corrected chi connectivity index (χ3v) is 9.55. The van der Waals surface area contributed by atoms with E-state index in [1.54, 1.807) is 23.8 Å². The van der Waals surface area contributed by atoms with E-state index in [4.69, 9.17) is 30.9 Å². The second-order valence-corrected chi connectivity index (χ2v) is 12.6. The van der Waals surface area contributed by atoms with E-state index in [1.807, 2.05) is 73.7 Å². The van der Waals surface area contributed by atoms with Crippen molar-refractivity contribution in [3.05, 3.63) is 88.4 Å². The van der Waals surface area contributed by atoms with E-state index in [9.17, 15) is 9.59 Å². The molecule has 1 saturated heterocycles. The van der Waals surface area contributed by atoms with Crippen molar-refractivity contribution in [3.8, 4) is 28.4 Å². The maximum absolute atomic E-state index is 14.0. The molecule has 4 aromatic rings. The molecule has 2 aliphatic rings. The molecule has 2 aliphatic heterocycles. The summed E-state index contributed by atoms with van der Waals surface area (Å²) >= 11 is 7.76. The van der Waals surface area contributed by atoms with Crippen molar-refractivity contribution >= 4 is 41.0 Å². The molecule has 6 rings (SSSR count). The Balaban J connectivity index is 1.56. The first kappa shape index (κ1) is 31.0. The summed E-state index contributed by atoms with van der Waals surface area (Å²) in [5, 5.41) is 8.35. The second-order valence-electron chi connectivity index (χ2n) is 11.1. The summed E-state index contributed by atoms with van der Waals surface area (Å²) in [6.45, 7) is 2.95. The number of ether oxygens (including phenoxy) is 3. The summed E-state index contributed by atoms with van der Waals surface area (Å²) in [5.74, 6) is 1.51. The number of fused-ring (bicyclic) bond motifs is 1. The van der Waals surface area contributed by atoms with Crippen LogP contribution in [0.4, 0.5) is 5.82 Å². The van der Waals surface area contributed by atoms with E-state index in [0.717, 1.165) is 40.8 Å². The van der Waals surface area contributed by atoms with Gasteiger partial charge in [-0.25, -0.2) is 4.68 Å². The monoisotopic (exact) mass is 646 g/mol. The first-order valence-corrected chi connectivity index (χ1v) is 16.3. The molecule has 1 N–H and O–H groups in total. The largest absolute Gasteiger partial charge is 0.497 e. The Bertz CT molecular complexity index is 1690. The molecule has 0 bridgehead atoms. The van der Waals surface area contributed by atoms with Crippen LogP contribution in [0.2, 0.25) is 5.02 Å². The van der Waals surface area contributed by atoms with Gasteiger partial charge >= 0.3 is 0 Å². The van der Waals surface area contributed by atoms with Crippen LogP contribution in [0.25, 0.3) is 16.9 Å². The minimum Gasteiger partial charge on any atom is -0.497 e. The van der Waals surface area contributed by atoms with E-state index < -0.39 is 0 Å². The molecule has 0 aliphatic carbocycles. The Morgan fingerprint density at radius 2 is 1.87 bits per heavy atom. The molecule has 2 amide bonds. The highest BCUT2D eigenvalue weighted by molar-refractivity contribution is 8.00. The number of carbonyl (C=O) groups is 2. The van der Waals surface area contributed by atoms with Crippen molar-refractivity contribution < 1.29 is 23.8 Å². The Morgan fingerprint density at radius 3 is 2.56 bits per heavy atom. The van der Waals surface area contributed by atoms with Gasteiger partial charge in [-0.3, -0.25) is 14.5 Å². The number of aryl methyl sites for hydroxylation is 1. The van der Waals surface area contributed by atoms with Crippen molar-refractivity contribution in [1.29, 1.82) is 0 Å². The molecule has 0 spiro atoms. The van der Waals surface area contributed by atoms with Gasteiger partial charge in [0.1, 0.15) is 23.9 Å². The highest BCUT2D eigenvalue weighted by Gasteiger charge is 2.39. The van der Waals surface area contributed by atoms with Crippen LogP contribution in [-0.4, -0.2) is 67.4 Å². The van der Waals surface area contributed by atoms with Crippen LogP contribution in [0, 0.1) is 6.92 Å². The van der Waals surface area contributed by atoms with Crippen molar-refractivity contribution in [2.45, 2.75) is 31.1 Å². The SMILES string of the molecule is COc1ccc(OC)c([C@@H]2SCC(=O)N(CC(=O)NC[C@@H]3CCCO3)c3c2c(-c2ccc(Cl)cc2)nn3-c2ccc(C)cc2)c1. The van der Waals surface area contributed by atoms with E-state index in [0.29, 0.717) is 41.2 Å². The molecule has 0 radical (unpaired) electrons. The lowest BCUT2D eigenvalue weighted by atomic mass is 9.98. The number of hydrogen-bond donors (Lipinski definition) is 1. The normalized spacial score (nSPS) is 18.0. The summed E-state index contributed by atoms with van der Waals surface area (Å²) in [6.07, 6.45) is 1.86. The van der Waals surface area contributed by atoms with Crippen LogP contribution in [0.3, 0.4) is 0 Å². The molecular formula is C34H35ClN4O5S. The van der Waals surface area contributed by atoms with Crippen LogP contribution in [0.15, 0.2) is 66.7 Å². The van der Waals surface area contributed by atoms with Crippen LogP contribution in [0.5, 0.6) is 11.5 Å². The summed E-state index contributed by atoms with van der Waals surface area (Å²) < 4.78 is 18.9. The number of nitrogens with one attached hydrogen (secondary N) is 1. The number of anilines is 1. The molecule has 0 unspecified atom stereocenters. The Labute approximate surface area is 271 Å². The fourth-order valence-corrected chi connectivity index (χ4v) is 7.07. The zero-order valence-corrected chi connectivity index (χ0v) is 27.0. The van der Waals surface area contributed by atoms with Crippen LogP contribution >= 0.6 is 23.4 Å². The number of aromatic nitrogens is 2. The zero-order valence-electron chi connectivity index (χ0n) is 25.4. The molecule has 234 valence electrons. The molecule has 0 saturated carbocycles. The van der Waals surface area contributed by atoms with Gasteiger partial charge < -0.3 is 19.5 Å². The summed E-state index contributed by atoms with van der Waals surface area (Å²) in [6, 6.07) is 21.0. The van der Waals surface area contributed by atoms with Crippen LogP contribution in [-0.2, 0) is 14.3 Å². The smallest absolute Gasteiger partial charge is 0.240 e. The summed E-state index contributed by atoms with van der Waals surface area (Å²) in [7, 11) is 3.24. The molecule has 11 heteroatoms. The van der Waals surface area contributed by atoms with Crippen molar-refractivity contribution in [1.82, 2.24) is 15.1 Å². The van der Waals surface area contributed by atoms with Crippen molar-refractivity contribution in [3.63, 3.8) is 0 Å². The van der Waals surface area contributed by atoms with Gasteiger partial charge in [0.25, 0.3) is 0 Å². The van der Waals surface area contributed by atoms with Crippen LogP contribution < -0.4 is 19.7 Å². The quantitative estimate of drug-likeness (QED) is 0.239. The van der Waals surface area contributed by atoms with Gasteiger partial charge in [0.05, 0.1) is 42.7 Å². The fraction of sp³-hybridized carbons (Fsp3) is 0.324. The van der Waals surface area contributed by atoms with E-state index >= 15 is 0 Å². The van der Waals surface area contributed by atoms with Gasteiger partial charge in [-0.2, -0.15) is 5.10 Å². The van der Waals surface area contributed by atoms with Crippen LogP contribution in [0.1, 0.15) is 34.8 Å². The third-order valence-electron chi connectivity index (χ3n) is 8.06. The Hall–Kier alpha value is -3.99. The van der Waals surface area contributed by atoms with Gasteiger partial charge in [-0.15, -0.1) is 11.8 Å². The second kappa shape index (κ2) is 13.6. The lowest BCUT2D eigenvalue weighted by Crippen LogP contribution is -2.44. The number of benzene rings is 3. The predicted octanol–water partition coefficient (Wildman–Crippen LogP) is 5.98. The fourth-order valence-electron chi connectivity index (χ4n) is 5.73. The van der Waals surface area contributed by atoms with Gasteiger partial charge in [0, 0.05) is 34.9 Å². The summed E-state index contributed by atoms with van der Waals surface area (Å²) in [5.41, 5.74) is 4.96. The molecule has 2 atom stereocenters. The number of hydrogen-bond acceptors (Lipinski definition) is 7. The predicted molar refractivity (Wildman–Crippen MR) is 177 cm³/mol. The van der Waals surface area contributed by atoms with E-state index in [1.165, 1.54) is 11.8 Å². The van der Waals surface area contributed by atoms with Crippen molar-refractivity contribution in [2.75, 3.05) is 44.6 Å². The average Bonchev–Trinajstić information content (AvgIpc) is 3.69. The summed E-state index contributed by atoms with van der Waals surface area (Å²) in [4.78, 5) is 29.0. The minimum absolute atomic E-state index is 0.0144. The molecular weight excluding hydrogens is 612 g/mol. The number of carbonyl (C=O) groups excluding carboxylic acids is 2. The highest BCUT2D eigenvalue weighted by atomic mass is 35.5. The van der Waals surface area contributed by atoms with Gasteiger partial charge in [0.15, 0.2) is 0 Å². The zero-order chi connectivity index (χ0) is 31.5. The Morgan fingerprint density at radius 1 is 1.09 bits per heavy atom. The number of rotatable bonds is 9. The number of amides is 2. The maximum atomic E-state index is 14.0.